The third-order valence-electron chi connectivity index (χ3n) is 4.19. The van der Waals surface area contributed by atoms with Crippen molar-refractivity contribution in [3.63, 3.8) is 0 Å². The minimum Gasteiger partial charge on any atom is -0.469 e. The number of esters is 2. The van der Waals surface area contributed by atoms with Crippen molar-refractivity contribution in [1.29, 1.82) is 0 Å². The Balaban J connectivity index is 2.08. The van der Waals surface area contributed by atoms with Crippen LogP contribution < -0.4 is 0 Å². The van der Waals surface area contributed by atoms with Crippen LogP contribution in [0.2, 0.25) is 0 Å². The first kappa shape index (κ1) is 11.4. The first-order valence-corrected chi connectivity index (χ1v) is 5.82. The van der Waals surface area contributed by atoms with E-state index in [1.807, 2.05) is 0 Å². The molecule has 16 heavy (non-hydrogen) atoms. The summed E-state index contributed by atoms with van der Waals surface area (Å²) in [7, 11) is 2.81. The molecule has 0 aromatic carbocycles. The van der Waals surface area contributed by atoms with Crippen LogP contribution in [0.3, 0.4) is 0 Å². The molecule has 4 heteroatoms. The molecular weight excluding hydrogens is 208 g/mol. The Labute approximate surface area is 95.3 Å². The normalized spacial score (nSPS) is 36.1. The summed E-state index contributed by atoms with van der Waals surface area (Å²) < 4.78 is 9.53. The van der Waals surface area contributed by atoms with Gasteiger partial charge in [0, 0.05) is 6.42 Å². The maximum Gasteiger partial charge on any atom is 0.309 e. The number of methoxy groups -OCH3 is 2. The highest BCUT2D eigenvalue weighted by atomic mass is 16.5. The van der Waals surface area contributed by atoms with E-state index in [0.717, 1.165) is 19.3 Å². The van der Waals surface area contributed by atoms with Gasteiger partial charge in [0.25, 0.3) is 0 Å². The van der Waals surface area contributed by atoms with E-state index in [1.54, 1.807) is 0 Å². The van der Waals surface area contributed by atoms with Gasteiger partial charge in [0.2, 0.25) is 0 Å². The summed E-state index contributed by atoms with van der Waals surface area (Å²) in [6.07, 6.45) is 3.67. The van der Waals surface area contributed by atoms with Gasteiger partial charge in [-0.3, -0.25) is 9.59 Å². The highest BCUT2D eigenvalue weighted by molar-refractivity contribution is 5.76. The fraction of sp³-hybridized carbons (Fsp3) is 0.833. The molecule has 0 heterocycles. The first-order chi connectivity index (χ1) is 7.67. The first-order valence-electron chi connectivity index (χ1n) is 5.82. The fourth-order valence-corrected chi connectivity index (χ4v) is 3.48. The van der Waals surface area contributed by atoms with E-state index in [1.165, 1.54) is 14.2 Å². The van der Waals surface area contributed by atoms with Gasteiger partial charge in [-0.2, -0.15) is 0 Å². The molecule has 2 aliphatic carbocycles. The van der Waals surface area contributed by atoms with E-state index < -0.39 is 0 Å². The lowest BCUT2D eigenvalue weighted by atomic mass is 9.77. The Bertz CT molecular complexity index is 299. The molecule has 0 spiro atoms. The van der Waals surface area contributed by atoms with Gasteiger partial charge in [-0.25, -0.2) is 0 Å². The number of hydrogen-bond donors (Lipinski definition) is 0. The van der Waals surface area contributed by atoms with Crippen LogP contribution in [0.1, 0.15) is 25.7 Å². The van der Waals surface area contributed by atoms with Gasteiger partial charge in [0.1, 0.15) is 0 Å². The van der Waals surface area contributed by atoms with Crippen molar-refractivity contribution < 1.29 is 19.1 Å². The van der Waals surface area contributed by atoms with Crippen molar-refractivity contribution in [2.75, 3.05) is 14.2 Å². The second-order valence-corrected chi connectivity index (χ2v) is 4.83. The number of carbonyl (C=O) groups is 2. The standard InChI is InChI=1S/C12H18O4/c1-15-10(13)6-9-7-3-4-8(5-7)11(9)12(14)16-2/h7-9,11H,3-6H2,1-2H3. The van der Waals surface area contributed by atoms with E-state index in [9.17, 15) is 9.59 Å². The molecular formula is C12H18O4. The zero-order valence-corrected chi connectivity index (χ0v) is 9.77. The molecule has 4 nitrogen and oxygen atoms in total. The number of rotatable bonds is 3. The summed E-state index contributed by atoms with van der Waals surface area (Å²) in [6, 6.07) is 0. The molecule has 0 saturated heterocycles. The summed E-state index contributed by atoms with van der Waals surface area (Å²) in [5.74, 6) is 0.620. The lowest BCUT2D eigenvalue weighted by Crippen LogP contribution is -2.32. The van der Waals surface area contributed by atoms with Crippen LogP contribution in [0, 0.1) is 23.7 Å². The second-order valence-electron chi connectivity index (χ2n) is 4.83. The quantitative estimate of drug-likeness (QED) is 0.682. The van der Waals surface area contributed by atoms with Gasteiger partial charge in [-0.15, -0.1) is 0 Å². The topological polar surface area (TPSA) is 52.6 Å². The average Bonchev–Trinajstić information content (AvgIpc) is 2.88. The maximum absolute atomic E-state index is 11.7. The lowest BCUT2D eigenvalue weighted by Gasteiger charge is -2.28. The zero-order valence-electron chi connectivity index (χ0n) is 9.77. The van der Waals surface area contributed by atoms with Crippen molar-refractivity contribution >= 4 is 11.9 Å². The Morgan fingerprint density at radius 1 is 1.12 bits per heavy atom. The van der Waals surface area contributed by atoms with Crippen LogP contribution in [0.4, 0.5) is 0 Å². The fourth-order valence-electron chi connectivity index (χ4n) is 3.48. The van der Waals surface area contributed by atoms with Crippen LogP contribution in [0.5, 0.6) is 0 Å². The molecule has 0 N–H and O–H groups in total. The van der Waals surface area contributed by atoms with Crippen molar-refractivity contribution in [2.45, 2.75) is 25.7 Å². The average molecular weight is 226 g/mol. The predicted octanol–water partition coefficient (Wildman–Crippen LogP) is 1.38. The molecule has 2 saturated carbocycles. The summed E-state index contributed by atoms with van der Waals surface area (Å²) in [5.41, 5.74) is 0. The van der Waals surface area contributed by atoms with Crippen molar-refractivity contribution in [1.82, 2.24) is 0 Å². The van der Waals surface area contributed by atoms with Gasteiger partial charge < -0.3 is 9.47 Å². The van der Waals surface area contributed by atoms with Crippen LogP contribution in [-0.2, 0) is 19.1 Å². The van der Waals surface area contributed by atoms with Gasteiger partial charge in [0.15, 0.2) is 0 Å². The van der Waals surface area contributed by atoms with Gasteiger partial charge in [-0.05, 0) is 37.0 Å². The summed E-state index contributed by atoms with van der Waals surface area (Å²) >= 11 is 0. The lowest BCUT2D eigenvalue weighted by molar-refractivity contribution is -0.151. The molecule has 0 aromatic rings. The van der Waals surface area contributed by atoms with E-state index in [4.69, 9.17) is 9.47 Å². The summed E-state index contributed by atoms with van der Waals surface area (Å²) in [6.45, 7) is 0. The zero-order chi connectivity index (χ0) is 11.7. The Kier molecular flexibility index (Phi) is 3.17. The van der Waals surface area contributed by atoms with Crippen LogP contribution in [0.25, 0.3) is 0 Å². The van der Waals surface area contributed by atoms with Crippen molar-refractivity contribution in [3.8, 4) is 0 Å². The molecule has 90 valence electrons. The van der Waals surface area contributed by atoms with E-state index in [0.29, 0.717) is 18.3 Å². The molecule has 2 fully saturated rings. The van der Waals surface area contributed by atoms with E-state index >= 15 is 0 Å². The largest absolute Gasteiger partial charge is 0.469 e. The van der Waals surface area contributed by atoms with E-state index in [2.05, 4.69) is 0 Å². The third kappa shape index (κ3) is 1.81. The molecule has 2 bridgehead atoms. The Hall–Kier alpha value is -1.06. The number of fused-ring (bicyclic) bond motifs is 2. The summed E-state index contributed by atoms with van der Waals surface area (Å²) in [5, 5.41) is 0. The van der Waals surface area contributed by atoms with Crippen LogP contribution in [0.15, 0.2) is 0 Å². The SMILES string of the molecule is COC(=O)CC1C2CCC(C2)C1C(=O)OC. The minimum atomic E-state index is -0.216. The smallest absolute Gasteiger partial charge is 0.309 e. The maximum atomic E-state index is 11.7. The Morgan fingerprint density at radius 2 is 1.81 bits per heavy atom. The van der Waals surface area contributed by atoms with Crippen LogP contribution in [-0.4, -0.2) is 26.2 Å². The molecule has 0 aromatic heterocycles. The monoisotopic (exact) mass is 226 g/mol. The summed E-state index contributed by atoms with van der Waals surface area (Å²) in [4.78, 5) is 23.0. The molecule has 2 rings (SSSR count). The molecule has 4 atom stereocenters. The number of ether oxygens (including phenoxy) is 2. The highest BCUT2D eigenvalue weighted by Crippen LogP contribution is 2.53. The minimum absolute atomic E-state index is 0.0807. The van der Waals surface area contributed by atoms with Gasteiger partial charge in [-0.1, -0.05) is 0 Å². The van der Waals surface area contributed by atoms with Gasteiger partial charge >= 0.3 is 11.9 Å². The third-order valence-corrected chi connectivity index (χ3v) is 4.19. The molecule has 0 amide bonds. The van der Waals surface area contributed by atoms with Crippen LogP contribution >= 0.6 is 0 Å². The molecule has 2 aliphatic rings. The predicted molar refractivity (Wildman–Crippen MR) is 56.5 cm³/mol. The Morgan fingerprint density at radius 3 is 2.44 bits per heavy atom. The second kappa shape index (κ2) is 4.44. The molecule has 0 aliphatic heterocycles. The molecule has 4 unspecified atom stereocenters. The number of carbonyl (C=O) groups excluding carboxylic acids is 2. The molecule has 0 radical (unpaired) electrons. The van der Waals surface area contributed by atoms with Crippen molar-refractivity contribution in [3.05, 3.63) is 0 Å². The van der Waals surface area contributed by atoms with Crippen molar-refractivity contribution in [2.24, 2.45) is 23.7 Å². The van der Waals surface area contributed by atoms with E-state index in [-0.39, 0.29) is 23.8 Å². The van der Waals surface area contributed by atoms with Gasteiger partial charge in [0.05, 0.1) is 20.1 Å². The highest BCUT2D eigenvalue weighted by Gasteiger charge is 2.51. The number of hydrogen-bond acceptors (Lipinski definition) is 4.